The van der Waals surface area contributed by atoms with Gasteiger partial charge in [0.05, 0.1) is 23.7 Å². The van der Waals surface area contributed by atoms with E-state index in [1.54, 1.807) is 0 Å². The molecule has 1 aliphatic rings. The van der Waals surface area contributed by atoms with Crippen molar-refractivity contribution in [1.29, 1.82) is 0 Å². The monoisotopic (exact) mass is 397 g/mol. The highest BCUT2D eigenvalue weighted by atomic mass is 16.5. The summed E-state index contributed by atoms with van der Waals surface area (Å²) in [4.78, 5) is 17.8. The molecule has 1 atom stereocenters. The fourth-order valence-electron chi connectivity index (χ4n) is 4.09. The van der Waals surface area contributed by atoms with Crippen molar-refractivity contribution in [3.8, 4) is 5.75 Å². The van der Waals surface area contributed by atoms with Crippen LogP contribution in [-0.2, 0) is 17.8 Å². The number of amides is 1. The van der Waals surface area contributed by atoms with Gasteiger partial charge in [-0.25, -0.2) is 4.98 Å². The van der Waals surface area contributed by atoms with Gasteiger partial charge in [0.1, 0.15) is 18.1 Å². The molecule has 1 N–H and O–H groups in total. The second kappa shape index (κ2) is 8.03. The van der Waals surface area contributed by atoms with Gasteiger partial charge in [-0.2, -0.15) is 0 Å². The number of aromatic nitrogens is 2. The Morgan fingerprint density at radius 3 is 2.67 bits per heavy atom. The van der Waals surface area contributed by atoms with Crippen LogP contribution in [-0.4, -0.2) is 22.1 Å². The summed E-state index contributed by atoms with van der Waals surface area (Å²) >= 11 is 0. The first kappa shape index (κ1) is 18.4. The van der Waals surface area contributed by atoms with Gasteiger partial charge in [-0.05, 0) is 23.8 Å². The molecule has 0 radical (unpaired) electrons. The molecule has 1 amide bonds. The number of nitrogens with one attached hydrogen (secondary N) is 1. The van der Waals surface area contributed by atoms with Crippen molar-refractivity contribution in [2.24, 2.45) is 0 Å². The molecule has 2 heterocycles. The van der Waals surface area contributed by atoms with Crippen molar-refractivity contribution in [3.05, 3.63) is 95.8 Å². The van der Waals surface area contributed by atoms with Crippen molar-refractivity contribution >= 4 is 16.9 Å². The van der Waals surface area contributed by atoms with Crippen LogP contribution in [0.3, 0.4) is 0 Å². The predicted molar refractivity (Wildman–Crippen MR) is 116 cm³/mol. The lowest BCUT2D eigenvalue weighted by atomic mass is 10.0. The third-order valence-electron chi connectivity index (χ3n) is 5.53. The average Bonchev–Trinajstić information content (AvgIpc) is 3.11. The molecule has 150 valence electrons. The van der Waals surface area contributed by atoms with E-state index < -0.39 is 0 Å². The van der Waals surface area contributed by atoms with Gasteiger partial charge < -0.3 is 14.6 Å². The van der Waals surface area contributed by atoms with Crippen molar-refractivity contribution < 1.29 is 9.53 Å². The quantitative estimate of drug-likeness (QED) is 0.547. The van der Waals surface area contributed by atoms with Crippen LogP contribution in [0.1, 0.15) is 29.4 Å². The van der Waals surface area contributed by atoms with Crippen LogP contribution >= 0.6 is 0 Å². The lowest BCUT2D eigenvalue weighted by Gasteiger charge is -2.26. The van der Waals surface area contributed by atoms with Gasteiger partial charge in [-0.1, -0.05) is 60.7 Å². The van der Waals surface area contributed by atoms with Gasteiger partial charge in [0.25, 0.3) is 0 Å². The van der Waals surface area contributed by atoms with E-state index in [2.05, 4.69) is 17.4 Å². The molecular formula is C25H23N3O2. The number of carbonyl (C=O) groups excluding carboxylic acids is 1. The number of nitrogens with zero attached hydrogens (tertiary/aromatic N) is 2. The number of carbonyl (C=O) groups is 1. The molecule has 0 saturated carbocycles. The zero-order valence-electron chi connectivity index (χ0n) is 16.6. The van der Waals surface area contributed by atoms with E-state index in [1.165, 1.54) is 5.56 Å². The second-order valence-corrected chi connectivity index (χ2v) is 7.56. The average molecular weight is 397 g/mol. The maximum absolute atomic E-state index is 13.0. The first-order valence-electron chi connectivity index (χ1n) is 10.3. The second-order valence-electron chi connectivity index (χ2n) is 7.56. The Labute approximate surface area is 175 Å². The number of hydrogen-bond donors (Lipinski definition) is 1. The molecule has 0 bridgehead atoms. The smallest absolute Gasteiger partial charge is 0.240 e. The number of benzene rings is 3. The minimum Gasteiger partial charge on any atom is -0.493 e. The van der Waals surface area contributed by atoms with Crippen molar-refractivity contribution in [3.63, 3.8) is 0 Å². The standard InChI is InChI=1S/C25H23N3O2/c29-25(27-20-14-15-30-23-13-7-4-10-19(20)23)17-28-22-12-6-5-11-21(22)26-24(28)16-18-8-2-1-3-9-18/h1-13,20H,14-17H2,(H,27,29)/t20-/m1/s1. The van der Waals surface area contributed by atoms with Crippen molar-refractivity contribution in [2.75, 3.05) is 6.61 Å². The van der Waals surface area contributed by atoms with Crippen molar-refractivity contribution in [2.45, 2.75) is 25.4 Å². The number of fused-ring (bicyclic) bond motifs is 2. The zero-order valence-corrected chi connectivity index (χ0v) is 16.6. The molecule has 0 aliphatic carbocycles. The minimum atomic E-state index is -0.0326. The Balaban J connectivity index is 1.41. The molecule has 0 saturated heterocycles. The SMILES string of the molecule is O=C(Cn1c(Cc2ccccc2)nc2ccccc21)N[C@@H]1CCOc2ccccc21. The minimum absolute atomic E-state index is 0.0193. The molecule has 1 aliphatic heterocycles. The highest BCUT2D eigenvalue weighted by Gasteiger charge is 2.23. The normalized spacial score (nSPS) is 15.4. The number of hydrogen-bond acceptors (Lipinski definition) is 3. The maximum atomic E-state index is 13.0. The van der Waals surface area contributed by atoms with Gasteiger partial charge in [-0.3, -0.25) is 4.79 Å². The summed E-state index contributed by atoms with van der Waals surface area (Å²) in [5.74, 6) is 1.73. The summed E-state index contributed by atoms with van der Waals surface area (Å²) in [5, 5.41) is 3.20. The molecule has 4 aromatic rings. The van der Waals surface area contributed by atoms with Crippen LogP contribution in [0, 0.1) is 0 Å². The number of ether oxygens (including phenoxy) is 1. The molecule has 5 heteroatoms. The highest BCUT2D eigenvalue weighted by molar-refractivity contribution is 5.81. The molecular weight excluding hydrogens is 374 g/mol. The Morgan fingerprint density at radius 1 is 1.00 bits per heavy atom. The van der Waals surface area contributed by atoms with Crippen LogP contribution in [0.2, 0.25) is 0 Å². The fraction of sp³-hybridized carbons (Fsp3) is 0.200. The van der Waals surface area contributed by atoms with Crippen LogP contribution in [0.4, 0.5) is 0 Å². The van der Waals surface area contributed by atoms with Crippen molar-refractivity contribution in [1.82, 2.24) is 14.9 Å². The lowest BCUT2D eigenvalue weighted by Crippen LogP contribution is -2.34. The number of para-hydroxylation sites is 3. The summed E-state index contributed by atoms with van der Waals surface area (Å²) in [6, 6.07) is 26.1. The number of imidazole rings is 1. The first-order valence-corrected chi connectivity index (χ1v) is 10.3. The van der Waals surface area contributed by atoms with Crippen LogP contribution in [0.15, 0.2) is 78.9 Å². The summed E-state index contributed by atoms with van der Waals surface area (Å²) in [5.41, 5.74) is 4.10. The van der Waals surface area contributed by atoms with Crippen LogP contribution < -0.4 is 10.1 Å². The van der Waals surface area contributed by atoms with E-state index in [-0.39, 0.29) is 18.5 Å². The maximum Gasteiger partial charge on any atom is 0.240 e. The van der Waals surface area contributed by atoms with Gasteiger partial charge in [-0.15, -0.1) is 0 Å². The van der Waals surface area contributed by atoms with Gasteiger partial charge in [0.15, 0.2) is 0 Å². The summed E-state index contributed by atoms with van der Waals surface area (Å²) in [7, 11) is 0. The Hall–Kier alpha value is -3.60. The summed E-state index contributed by atoms with van der Waals surface area (Å²) in [6.45, 7) is 0.845. The Morgan fingerprint density at radius 2 is 1.77 bits per heavy atom. The zero-order chi connectivity index (χ0) is 20.3. The van der Waals surface area contributed by atoms with Crippen LogP contribution in [0.25, 0.3) is 11.0 Å². The molecule has 30 heavy (non-hydrogen) atoms. The molecule has 1 aromatic heterocycles. The molecule has 3 aromatic carbocycles. The topological polar surface area (TPSA) is 56.2 Å². The molecule has 5 nitrogen and oxygen atoms in total. The third-order valence-corrected chi connectivity index (χ3v) is 5.53. The Kier molecular flexibility index (Phi) is 4.93. The van der Waals surface area contributed by atoms with E-state index in [4.69, 9.17) is 9.72 Å². The van der Waals surface area contributed by atoms with Gasteiger partial charge >= 0.3 is 0 Å². The highest BCUT2D eigenvalue weighted by Crippen LogP contribution is 2.31. The fourth-order valence-corrected chi connectivity index (χ4v) is 4.09. The predicted octanol–water partition coefficient (Wildman–Crippen LogP) is 4.27. The molecule has 0 unspecified atom stereocenters. The Bertz CT molecular complexity index is 1180. The van der Waals surface area contributed by atoms with Crippen LogP contribution in [0.5, 0.6) is 5.75 Å². The van der Waals surface area contributed by atoms with Gasteiger partial charge in [0, 0.05) is 18.4 Å². The number of rotatable bonds is 5. The summed E-state index contributed by atoms with van der Waals surface area (Å²) < 4.78 is 7.75. The third kappa shape index (κ3) is 3.66. The van der Waals surface area contributed by atoms with E-state index >= 15 is 0 Å². The van der Waals surface area contributed by atoms with E-state index in [1.807, 2.05) is 71.3 Å². The largest absolute Gasteiger partial charge is 0.493 e. The lowest BCUT2D eigenvalue weighted by molar-refractivity contribution is -0.122. The van der Waals surface area contributed by atoms with E-state index in [0.29, 0.717) is 13.0 Å². The van der Waals surface area contributed by atoms with Gasteiger partial charge in [0.2, 0.25) is 5.91 Å². The molecule has 0 spiro atoms. The first-order chi connectivity index (χ1) is 14.8. The molecule has 5 rings (SSSR count). The van der Waals surface area contributed by atoms with E-state index in [9.17, 15) is 4.79 Å². The summed E-state index contributed by atoms with van der Waals surface area (Å²) in [6.07, 6.45) is 1.45. The molecule has 0 fully saturated rings. The van der Waals surface area contributed by atoms with E-state index in [0.717, 1.165) is 34.6 Å².